The molecule has 0 saturated carbocycles. The fourth-order valence-electron chi connectivity index (χ4n) is 3.34. The molecule has 0 aliphatic rings. The second-order valence-electron chi connectivity index (χ2n) is 7.59. The van der Waals surface area contributed by atoms with Crippen LogP contribution in [-0.2, 0) is 19.6 Å². The summed E-state index contributed by atoms with van der Waals surface area (Å²) in [4.78, 5) is 17.1. The van der Waals surface area contributed by atoms with Crippen LogP contribution >= 0.6 is 0 Å². The molecule has 1 amide bonds. The van der Waals surface area contributed by atoms with E-state index in [9.17, 15) is 4.79 Å². The highest BCUT2D eigenvalue weighted by Gasteiger charge is 2.07. The van der Waals surface area contributed by atoms with Crippen molar-refractivity contribution in [3.05, 3.63) is 77.0 Å². The average molecular weight is 437 g/mol. The first kappa shape index (κ1) is 23.1. The fourth-order valence-corrected chi connectivity index (χ4v) is 3.34. The van der Waals surface area contributed by atoms with E-state index in [1.807, 2.05) is 42.8 Å². The van der Waals surface area contributed by atoms with E-state index in [2.05, 4.69) is 39.0 Å². The minimum Gasteiger partial charge on any atom is -0.467 e. The Morgan fingerprint density at radius 3 is 2.72 bits per heavy atom. The number of guanidine groups is 1. The van der Waals surface area contributed by atoms with Crippen LogP contribution in [-0.4, -0.2) is 34.7 Å². The molecule has 0 fully saturated rings. The van der Waals surface area contributed by atoms with Gasteiger partial charge in [-0.25, -0.2) is 4.99 Å². The van der Waals surface area contributed by atoms with Crippen molar-refractivity contribution in [2.24, 2.45) is 4.99 Å². The van der Waals surface area contributed by atoms with Gasteiger partial charge in [-0.3, -0.25) is 9.48 Å². The minimum atomic E-state index is -0.138. The molecule has 0 unspecified atom stereocenters. The second-order valence-corrected chi connectivity index (χ2v) is 7.59. The Morgan fingerprint density at radius 2 is 2.00 bits per heavy atom. The number of amides is 1. The van der Waals surface area contributed by atoms with Crippen molar-refractivity contribution >= 4 is 11.9 Å². The highest BCUT2D eigenvalue weighted by molar-refractivity contribution is 5.94. The topological polar surface area (TPSA) is 96.5 Å². The average Bonchev–Trinajstić information content (AvgIpc) is 3.42. The fraction of sp³-hybridized carbons (Fsp3) is 0.375. The molecular weight excluding hydrogens is 404 g/mol. The molecule has 8 nitrogen and oxygen atoms in total. The van der Waals surface area contributed by atoms with Crippen LogP contribution in [0, 0.1) is 13.8 Å². The van der Waals surface area contributed by atoms with E-state index in [0.29, 0.717) is 18.7 Å². The third-order valence-corrected chi connectivity index (χ3v) is 4.90. The van der Waals surface area contributed by atoms with E-state index >= 15 is 0 Å². The molecule has 0 aliphatic heterocycles. The molecule has 0 radical (unpaired) electrons. The van der Waals surface area contributed by atoms with Crippen LogP contribution in [0.4, 0.5) is 0 Å². The van der Waals surface area contributed by atoms with Crippen molar-refractivity contribution in [3.63, 3.8) is 0 Å². The van der Waals surface area contributed by atoms with Crippen LogP contribution in [0.25, 0.3) is 0 Å². The summed E-state index contributed by atoms with van der Waals surface area (Å²) in [5.74, 6) is 1.34. The van der Waals surface area contributed by atoms with Gasteiger partial charge in [-0.15, -0.1) is 0 Å². The summed E-state index contributed by atoms with van der Waals surface area (Å²) in [6.07, 6.45) is 2.53. The van der Waals surface area contributed by atoms with Gasteiger partial charge in [-0.2, -0.15) is 5.10 Å². The molecular formula is C24H32N6O2. The number of hydrogen-bond donors (Lipinski definition) is 3. The number of nitrogens with one attached hydrogen (secondary N) is 3. The maximum absolute atomic E-state index is 12.4. The maximum Gasteiger partial charge on any atom is 0.251 e. The predicted molar refractivity (Wildman–Crippen MR) is 125 cm³/mol. The molecule has 0 atom stereocenters. The van der Waals surface area contributed by atoms with Crippen LogP contribution in [0.2, 0.25) is 0 Å². The van der Waals surface area contributed by atoms with E-state index in [1.54, 1.807) is 18.4 Å². The Balaban J connectivity index is 1.50. The normalized spacial score (nSPS) is 11.4. The van der Waals surface area contributed by atoms with Gasteiger partial charge >= 0.3 is 0 Å². The number of nitrogens with zero attached hydrogens (tertiary/aromatic N) is 3. The molecule has 1 aromatic carbocycles. The van der Waals surface area contributed by atoms with Gasteiger partial charge in [-0.05, 0) is 63.1 Å². The lowest BCUT2D eigenvalue weighted by molar-refractivity contribution is 0.0948. The Labute approximate surface area is 189 Å². The molecule has 8 heteroatoms. The van der Waals surface area contributed by atoms with Crippen LogP contribution < -0.4 is 16.0 Å². The van der Waals surface area contributed by atoms with Crippen molar-refractivity contribution in [2.75, 3.05) is 13.1 Å². The standard InChI is InChI=1S/C24H32N6O2/c1-4-25-24(26-11-7-12-30-19(3)14-18(2)29-30)28-16-20-8-5-9-21(15-20)23(31)27-17-22-10-6-13-32-22/h5-6,8-10,13-15H,4,7,11-12,16-17H2,1-3H3,(H,27,31)(H2,25,26,28). The van der Waals surface area contributed by atoms with Crippen molar-refractivity contribution in [1.29, 1.82) is 0 Å². The summed E-state index contributed by atoms with van der Waals surface area (Å²) in [7, 11) is 0. The number of carbonyl (C=O) groups is 1. The summed E-state index contributed by atoms with van der Waals surface area (Å²) in [5, 5.41) is 14.0. The molecule has 3 rings (SSSR count). The van der Waals surface area contributed by atoms with Crippen LogP contribution in [0.15, 0.2) is 58.1 Å². The van der Waals surface area contributed by atoms with Gasteiger partial charge in [0.25, 0.3) is 5.91 Å². The second kappa shape index (κ2) is 11.7. The van der Waals surface area contributed by atoms with E-state index < -0.39 is 0 Å². The lowest BCUT2D eigenvalue weighted by atomic mass is 10.1. The van der Waals surface area contributed by atoms with Gasteiger partial charge < -0.3 is 20.4 Å². The van der Waals surface area contributed by atoms with Crippen LogP contribution in [0.5, 0.6) is 0 Å². The van der Waals surface area contributed by atoms with E-state index in [0.717, 1.165) is 49.0 Å². The number of aliphatic imine (C=N–C) groups is 1. The largest absolute Gasteiger partial charge is 0.467 e. The molecule has 32 heavy (non-hydrogen) atoms. The smallest absolute Gasteiger partial charge is 0.251 e. The zero-order chi connectivity index (χ0) is 22.8. The van der Waals surface area contributed by atoms with Crippen molar-refractivity contribution in [2.45, 2.75) is 46.8 Å². The number of aromatic nitrogens is 2. The van der Waals surface area contributed by atoms with Crippen LogP contribution in [0.3, 0.4) is 0 Å². The Bertz CT molecular complexity index is 1020. The SMILES string of the molecule is CCNC(=NCc1cccc(C(=O)NCc2ccco2)c1)NCCCn1nc(C)cc1C. The minimum absolute atomic E-state index is 0.138. The number of furan rings is 1. The first-order valence-corrected chi connectivity index (χ1v) is 11.0. The lowest BCUT2D eigenvalue weighted by Gasteiger charge is -2.12. The van der Waals surface area contributed by atoms with Crippen LogP contribution in [0.1, 0.15) is 46.4 Å². The number of rotatable bonds is 10. The number of aryl methyl sites for hydroxylation is 3. The first-order valence-electron chi connectivity index (χ1n) is 11.0. The molecule has 0 bridgehead atoms. The number of carbonyl (C=O) groups excluding carboxylic acids is 1. The van der Waals surface area contributed by atoms with Crippen molar-refractivity contribution < 1.29 is 9.21 Å². The molecule has 170 valence electrons. The summed E-state index contributed by atoms with van der Waals surface area (Å²) >= 11 is 0. The van der Waals surface area contributed by atoms with Gasteiger partial charge in [0.2, 0.25) is 0 Å². The quantitative estimate of drug-likeness (QED) is 0.258. The maximum atomic E-state index is 12.4. The van der Waals surface area contributed by atoms with Crippen molar-refractivity contribution in [1.82, 2.24) is 25.7 Å². The van der Waals surface area contributed by atoms with E-state index in [4.69, 9.17) is 4.42 Å². The van der Waals surface area contributed by atoms with E-state index in [-0.39, 0.29) is 5.91 Å². The summed E-state index contributed by atoms with van der Waals surface area (Å²) in [6.45, 7) is 9.39. The Kier molecular flexibility index (Phi) is 8.48. The zero-order valence-corrected chi connectivity index (χ0v) is 19.0. The predicted octanol–water partition coefficient (Wildman–Crippen LogP) is 3.17. The molecule has 3 N–H and O–H groups in total. The molecule has 0 aliphatic carbocycles. The number of benzene rings is 1. The van der Waals surface area contributed by atoms with Crippen molar-refractivity contribution in [3.8, 4) is 0 Å². The summed E-state index contributed by atoms with van der Waals surface area (Å²) < 4.78 is 7.28. The highest BCUT2D eigenvalue weighted by Crippen LogP contribution is 2.08. The molecule has 3 aromatic rings. The first-order chi connectivity index (χ1) is 15.5. The van der Waals surface area contributed by atoms with Gasteiger partial charge in [0.05, 0.1) is 25.0 Å². The molecule has 2 heterocycles. The summed E-state index contributed by atoms with van der Waals surface area (Å²) in [6, 6.07) is 13.2. The van der Waals surface area contributed by atoms with Gasteiger partial charge in [0.15, 0.2) is 5.96 Å². The number of hydrogen-bond acceptors (Lipinski definition) is 4. The molecule has 0 saturated heterocycles. The molecule has 2 aromatic heterocycles. The van der Waals surface area contributed by atoms with Gasteiger partial charge in [-0.1, -0.05) is 12.1 Å². The third kappa shape index (κ3) is 7.01. The highest BCUT2D eigenvalue weighted by atomic mass is 16.3. The Hall–Kier alpha value is -3.55. The lowest BCUT2D eigenvalue weighted by Crippen LogP contribution is -2.38. The molecule has 0 spiro atoms. The third-order valence-electron chi connectivity index (χ3n) is 4.90. The van der Waals surface area contributed by atoms with E-state index in [1.165, 1.54) is 5.69 Å². The monoisotopic (exact) mass is 436 g/mol. The zero-order valence-electron chi connectivity index (χ0n) is 19.0. The van der Waals surface area contributed by atoms with Gasteiger partial charge in [0, 0.05) is 30.9 Å². The summed E-state index contributed by atoms with van der Waals surface area (Å²) in [5.41, 5.74) is 3.79. The van der Waals surface area contributed by atoms with Gasteiger partial charge in [0.1, 0.15) is 5.76 Å². The Morgan fingerprint density at radius 1 is 1.12 bits per heavy atom.